The number of benzene rings is 2. The van der Waals surface area contributed by atoms with E-state index in [9.17, 15) is 32.1 Å². The van der Waals surface area contributed by atoms with Gasteiger partial charge in [0, 0.05) is 24.1 Å². The van der Waals surface area contributed by atoms with Gasteiger partial charge in [-0.05, 0) is 17.7 Å². The van der Waals surface area contributed by atoms with Gasteiger partial charge in [0.05, 0.1) is 12.8 Å². The Hall–Kier alpha value is -2.13. The second-order valence-corrected chi connectivity index (χ2v) is 10.0. The molecule has 10 nitrogen and oxygen atoms in total. The van der Waals surface area contributed by atoms with Crippen molar-refractivity contribution in [2.75, 3.05) is 17.1 Å². The van der Waals surface area contributed by atoms with Crippen molar-refractivity contribution < 1.29 is 36.3 Å². The zero-order chi connectivity index (χ0) is 22.3. The first kappa shape index (κ1) is 22.6. The van der Waals surface area contributed by atoms with Gasteiger partial charge < -0.3 is 20.1 Å². The number of nitrogens with zero attached hydrogens (tertiary/aromatic N) is 1. The first-order valence-electron chi connectivity index (χ1n) is 8.64. The molecule has 7 N–H and O–H groups in total. The van der Waals surface area contributed by atoms with Gasteiger partial charge in [0.15, 0.2) is 11.6 Å². The van der Waals surface area contributed by atoms with E-state index in [1.165, 1.54) is 6.07 Å². The number of para-hydroxylation sites is 1. The van der Waals surface area contributed by atoms with Crippen LogP contribution in [0, 0.1) is 5.82 Å². The van der Waals surface area contributed by atoms with Crippen LogP contribution >= 0.6 is 11.0 Å². The number of rotatable bonds is 6. The highest BCUT2D eigenvalue weighted by atomic mass is 32.3. The number of phenolic OH excluding ortho intramolecular Hbond substituents is 1. The van der Waals surface area contributed by atoms with Crippen molar-refractivity contribution in [3.63, 3.8) is 0 Å². The largest absolute Gasteiger partial charge is 0.506 e. The van der Waals surface area contributed by atoms with Crippen LogP contribution < -0.4 is 18.9 Å². The molecule has 0 bridgehead atoms. The number of aromatic hydroxyl groups is 1. The number of phenols is 1. The maximum absolute atomic E-state index is 14.8. The zero-order valence-electron chi connectivity index (χ0n) is 15.8. The highest BCUT2D eigenvalue weighted by Crippen LogP contribution is 2.50. The van der Waals surface area contributed by atoms with Crippen molar-refractivity contribution in [3.05, 3.63) is 52.8 Å². The SMILES string of the molecule is CS(=O)(=O)Oc1c(CN)cccc1Cc1cc(O)c(N2CC(O)NS2(O)O)c(F)c1. The molecule has 0 aliphatic carbocycles. The molecule has 0 spiro atoms. The molecule has 1 fully saturated rings. The van der Waals surface area contributed by atoms with Gasteiger partial charge in [-0.3, -0.25) is 9.11 Å². The molecule has 30 heavy (non-hydrogen) atoms. The predicted molar refractivity (Wildman–Crippen MR) is 110 cm³/mol. The zero-order valence-corrected chi connectivity index (χ0v) is 17.5. The van der Waals surface area contributed by atoms with E-state index in [4.69, 9.17) is 9.92 Å². The predicted octanol–water partition coefficient (Wildman–Crippen LogP) is 1.23. The van der Waals surface area contributed by atoms with Crippen molar-refractivity contribution in [2.24, 2.45) is 5.73 Å². The van der Waals surface area contributed by atoms with Crippen molar-refractivity contribution in [2.45, 2.75) is 19.2 Å². The summed E-state index contributed by atoms with van der Waals surface area (Å²) in [5.74, 6) is -1.50. The molecule has 1 heterocycles. The number of nitrogens with one attached hydrogen (secondary N) is 1. The average molecular weight is 464 g/mol. The number of halogens is 1. The third-order valence-corrected chi connectivity index (χ3v) is 6.32. The summed E-state index contributed by atoms with van der Waals surface area (Å²) in [7, 11) is -7.56. The highest BCUT2D eigenvalue weighted by molar-refractivity contribution is 8.24. The van der Waals surface area contributed by atoms with Crippen molar-refractivity contribution in [1.82, 2.24) is 4.72 Å². The summed E-state index contributed by atoms with van der Waals surface area (Å²) in [5.41, 5.74) is 6.28. The van der Waals surface area contributed by atoms with Gasteiger partial charge in [-0.2, -0.15) is 13.1 Å². The fourth-order valence-electron chi connectivity index (χ4n) is 3.17. The highest BCUT2D eigenvalue weighted by Gasteiger charge is 2.38. The molecular weight excluding hydrogens is 441 g/mol. The molecular formula is C17H22FN3O7S2. The average Bonchev–Trinajstić information content (AvgIpc) is 2.87. The number of nitrogens with two attached hydrogens (primary N) is 1. The topological polar surface area (TPSA) is 166 Å². The summed E-state index contributed by atoms with van der Waals surface area (Å²) >= 11 is 0. The summed E-state index contributed by atoms with van der Waals surface area (Å²) in [6.45, 7) is -0.337. The number of hydrogen-bond donors (Lipinski definition) is 6. The molecule has 166 valence electrons. The maximum Gasteiger partial charge on any atom is 0.306 e. The van der Waals surface area contributed by atoms with Gasteiger partial charge >= 0.3 is 10.1 Å². The molecule has 13 heteroatoms. The molecule has 0 saturated carbocycles. The molecule has 1 unspecified atom stereocenters. The molecule has 1 aliphatic heterocycles. The summed E-state index contributed by atoms with van der Waals surface area (Å²) < 4.78 is 65.9. The van der Waals surface area contributed by atoms with Crippen molar-refractivity contribution in [1.29, 1.82) is 0 Å². The van der Waals surface area contributed by atoms with Gasteiger partial charge in [-0.1, -0.05) is 29.2 Å². The van der Waals surface area contributed by atoms with E-state index in [1.54, 1.807) is 18.2 Å². The number of hydrogen-bond acceptors (Lipinski definition) is 10. The standard InChI is InChI=1S/C17H22FN3O7S2/c1-29(24,25)28-17-11(3-2-4-12(17)8-19)5-10-6-13(18)16(14(22)7-10)21-9-15(23)20-30(21,26)27/h2-4,6-7,15,20,22-23,26-27H,5,8-9,19H2,1H3. The van der Waals surface area contributed by atoms with E-state index in [1.807, 2.05) is 0 Å². The minimum absolute atomic E-state index is 0.000574. The molecule has 3 rings (SSSR count). The molecule has 2 aromatic rings. The molecule has 2 aromatic carbocycles. The summed E-state index contributed by atoms with van der Waals surface area (Å²) in [5, 5.41) is 19.9. The number of aliphatic hydroxyl groups is 1. The van der Waals surface area contributed by atoms with Gasteiger partial charge in [0.1, 0.15) is 17.7 Å². The normalized spacial score (nSPS) is 19.7. The van der Waals surface area contributed by atoms with Crippen LogP contribution in [0.15, 0.2) is 30.3 Å². The first-order chi connectivity index (χ1) is 13.9. The van der Waals surface area contributed by atoms with Crippen LogP contribution in [-0.2, 0) is 23.1 Å². The van der Waals surface area contributed by atoms with Gasteiger partial charge in [0.2, 0.25) is 0 Å². The van der Waals surface area contributed by atoms with E-state index < -0.39 is 44.6 Å². The second kappa shape index (κ2) is 8.19. The van der Waals surface area contributed by atoms with E-state index in [-0.39, 0.29) is 30.8 Å². The lowest BCUT2D eigenvalue weighted by Gasteiger charge is -2.37. The number of β-amino-alcohol motifs (C(OH)–C–C–N with tert-alkyl or cyclic N) is 1. The van der Waals surface area contributed by atoms with Crippen LogP contribution in [-0.4, -0.2) is 46.8 Å². The van der Waals surface area contributed by atoms with Gasteiger partial charge in [-0.15, -0.1) is 0 Å². The van der Waals surface area contributed by atoms with Crippen LogP contribution in [0.3, 0.4) is 0 Å². The molecule has 0 aromatic heterocycles. The van der Waals surface area contributed by atoms with Crippen LogP contribution in [0.4, 0.5) is 10.1 Å². The number of aliphatic hydroxyl groups excluding tert-OH is 1. The van der Waals surface area contributed by atoms with E-state index in [0.717, 1.165) is 16.6 Å². The van der Waals surface area contributed by atoms with E-state index >= 15 is 0 Å². The lowest BCUT2D eigenvalue weighted by Crippen LogP contribution is -2.26. The monoisotopic (exact) mass is 463 g/mol. The molecule has 0 radical (unpaired) electrons. The summed E-state index contributed by atoms with van der Waals surface area (Å²) in [6.07, 6.45) is -0.426. The summed E-state index contributed by atoms with van der Waals surface area (Å²) in [4.78, 5) is 0. The Bertz CT molecular complexity index is 1040. The summed E-state index contributed by atoms with van der Waals surface area (Å²) in [6, 6.07) is 7.10. The minimum atomic E-state index is -3.85. The molecule has 1 saturated heterocycles. The van der Waals surface area contributed by atoms with Crippen LogP contribution in [0.2, 0.25) is 0 Å². The first-order valence-corrected chi connectivity index (χ1v) is 12.0. The Morgan fingerprint density at radius 2 is 2.00 bits per heavy atom. The maximum atomic E-state index is 14.8. The van der Waals surface area contributed by atoms with Crippen LogP contribution in [0.1, 0.15) is 16.7 Å². The Kier molecular flexibility index (Phi) is 6.15. The Morgan fingerprint density at radius 3 is 2.53 bits per heavy atom. The van der Waals surface area contributed by atoms with Crippen molar-refractivity contribution in [3.8, 4) is 11.5 Å². The number of anilines is 1. The lowest BCUT2D eigenvalue weighted by atomic mass is 10.0. The molecule has 0 amide bonds. The van der Waals surface area contributed by atoms with E-state index in [2.05, 4.69) is 4.72 Å². The third-order valence-electron chi connectivity index (χ3n) is 4.32. The Morgan fingerprint density at radius 1 is 1.33 bits per heavy atom. The Labute approximate surface area is 174 Å². The smallest absolute Gasteiger partial charge is 0.306 e. The van der Waals surface area contributed by atoms with Gasteiger partial charge in [-0.25, -0.2) is 8.70 Å². The van der Waals surface area contributed by atoms with Crippen molar-refractivity contribution >= 4 is 26.8 Å². The fraction of sp³-hybridized carbons (Fsp3) is 0.294. The van der Waals surface area contributed by atoms with Gasteiger partial charge in [0.25, 0.3) is 0 Å². The Balaban J connectivity index is 1.98. The quantitative estimate of drug-likeness (QED) is 0.343. The second-order valence-electron chi connectivity index (χ2n) is 6.73. The third kappa shape index (κ3) is 4.78. The van der Waals surface area contributed by atoms with Crippen LogP contribution in [0.5, 0.6) is 11.5 Å². The van der Waals surface area contributed by atoms with E-state index in [0.29, 0.717) is 11.1 Å². The minimum Gasteiger partial charge on any atom is -0.506 e. The van der Waals surface area contributed by atoms with Crippen LogP contribution in [0.25, 0.3) is 0 Å². The fourth-order valence-corrected chi connectivity index (χ4v) is 5.04. The molecule has 1 aliphatic rings. The lowest BCUT2D eigenvalue weighted by molar-refractivity contribution is 0.181. The molecule has 1 atom stereocenters.